The predicted octanol–water partition coefficient (Wildman–Crippen LogP) is 2.26. The first-order valence-corrected chi connectivity index (χ1v) is 7.28. The Morgan fingerprint density at radius 3 is 3.00 bits per heavy atom. The van der Waals surface area contributed by atoms with Crippen molar-refractivity contribution in [3.8, 4) is 0 Å². The smallest absolute Gasteiger partial charge is 0.316 e. The zero-order chi connectivity index (χ0) is 13.5. The molecule has 1 aliphatic carbocycles. The summed E-state index contributed by atoms with van der Waals surface area (Å²) in [5.41, 5.74) is 0. The lowest BCUT2D eigenvalue weighted by atomic mass is 10.2. The first-order chi connectivity index (χ1) is 9.28. The largest absolute Gasteiger partial charge is 0.465 e. The fourth-order valence-corrected chi connectivity index (χ4v) is 2.41. The van der Waals surface area contributed by atoms with Gasteiger partial charge >= 0.3 is 5.97 Å². The molecule has 0 amide bonds. The van der Waals surface area contributed by atoms with Crippen LogP contribution in [0, 0.1) is 0 Å². The van der Waals surface area contributed by atoms with Gasteiger partial charge in [0.2, 0.25) is 0 Å². The number of aromatic nitrogens is 2. The number of nitrogens with one attached hydrogen (secondary N) is 1. The first-order valence-electron chi connectivity index (χ1n) is 6.30. The van der Waals surface area contributed by atoms with E-state index >= 15 is 0 Å². The van der Waals surface area contributed by atoms with Crippen LogP contribution < -0.4 is 5.32 Å². The Bertz CT molecular complexity index is 457. The molecule has 0 saturated heterocycles. The van der Waals surface area contributed by atoms with Gasteiger partial charge in [0.25, 0.3) is 0 Å². The SMILES string of the molecule is CCOC(=O)CSc1cncc(NC2CC=CC2)n1. The first kappa shape index (κ1) is 13.9. The number of nitrogens with zero attached hydrogens (tertiary/aromatic N) is 2. The van der Waals surface area contributed by atoms with Crippen molar-refractivity contribution in [1.29, 1.82) is 0 Å². The van der Waals surface area contributed by atoms with Crippen LogP contribution in [0.2, 0.25) is 0 Å². The second-order valence-electron chi connectivity index (χ2n) is 4.12. The molecule has 6 heteroatoms. The van der Waals surface area contributed by atoms with E-state index in [1.165, 1.54) is 11.8 Å². The maximum atomic E-state index is 11.3. The van der Waals surface area contributed by atoms with E-state index in [1.54, 1.807) is 19.3 Å². The Morgan fingerprint density at radius 2 is 2.26 bits per heavy atom. The monoisotopic (exact) mass is 279 g/mol. The number of carbonyl (C=O) groups excluding carboxylic acids is 1. The number of hydrogen-bond acceptors (Lipinski definition) is 6. The molecule has 0 radical (unpaired) electrons. The molecule has 1 heterocycles. The van der Waals surface area contributed by atoms with Crippen molar-refractivity contribution in [2.24, 2.45) is 0 Å². The quantitative estimate of drug-likeness (QED) is 0.489. The Labute approximate surface area is 116 Å². The second kappa shape index (κ2) is 7.13. The van der Waals surface area contributed by atoms with Gasteiger partial charge in [0, 0.05) is 6.04 Å². The minimum absolute atomic E-state index is 0.229. The molecule has 0 fully saturated rings. The molecular weight excluding hydrogens is 262 g/mol. The van der Waals surface area contributed by atoms with Crippen molar-refractivity contribution in [3.63, 3.8) is 0 Å². The lowest BCUT2D eigenvalue weighted by molar-refractivity contribution is -0.139. The van der Waals surface area contributed by atoms with Crippen LogP contribution >= 0.6 is 11.8 Å². The van der Waals surface area contributed by atoms with E-state index < -0.39 is 0 Å². The van der Waals surface area contributed by atoms with Gasteiger partial charge in [0.1, 0.15) is 10.8 Å². The van der Waals surface area contributed by atoms with E-state index in [4.69, 9.17) is 4.74 Å². The van der Waals surface area contributed by atoms with Gasteiger partial charge < -0.3 is 10.1 Å². The van der Waals surface area contributed by atoms with Gasteiger partial charge in [-0.1, -0.05) is 23.9 Å². The number of rotatable bonds is 6. The van der Waals surface area contributed by atoms with E-state index in [0.29, 0.717) is 12.6 Å². The standard InChI is InChI=1S/C13H17N3O2S/c1-2-18-13(17)9-19-12-8-14-7-11(16-12)15-10-5-3-4-6-10/h3-4,7-8,10H,2,5-6,9H2,1H3,(H,15,16). The molecule has 5 nitrogen and oxygen atoms in total. The van der Waals surface area contributed by atoms with Crippen molar-refractivity contribution < 1.29 is 9.53 Å². The maximum Gasteiger partial charge on any atom is 0.316 e. The van der Waals surface area contributed by atoms with Crippen LogP contribution in [0.15, 0.2) is 29.6 Å². The molecule has 102 valence electrons. The summed E-state index contributed by atoms with van der Waals surface area (Å²) in [5.74, 6) is 0.784. The molecule has 0 aliphatic heterocycles. The van der Waals surface area contributed by atoms with Crippen LogP contribution in [0.5, 0.6) is 0 Å². The third-order valence-electron chi connectivity index (χ3n) is 2.62. The summed E-state index contributed by atoms with van der Waals surface area (Å²) in [7, 11) is 0. The van der Waals surface area contributed by atoms with Crippen molar-refractivity contribution in [2.75, 3.05) is 17.7 Å². The second-order valence-corrected chi connectivity index (χ2v) is 5.12. The molecule has 1 aliphatic rings. The highest BCUT2D eigenvalue weighted by molar-refractivity contribution is 7.99. The lowest BCUT2D eigenvalue weighted by Gasteiger charge is -2.12. The topological polar surface area (TPSA) is 64.1 Å². The van der Waals surface area contributed by atoms with Crippen LogP contribution in [0.4, 0.5) is 5.82 Å². The van der Waals surface area contributed by atoms with Crippen LogP contribution in [-0.2, 0) is 9.53 Å². The van der Waals surface area contributed by atoms with Crippen molar-refractivity contribution in [1.82, 2.24) is 9.97 Å². The molecule has 2 rings (SSSR count). The Hall–Kier alpha value is -1.56. The van der Waals surface area contributed by atoms with Gasteiger partial charge in [-0.2, -0.15) is 0 Å². The van der Waals surface area contributed by atoms with E-state index in [2.05, 4.69) is 27.4 Å². The van der Waals surface area contributed by atoms with Gasteiger partial charge in [-0.3, -0.25) is 9.78 Å². The molecule has 19 heavy (non-hydrogen) atoms. The van der Waals surface area contributed by atoms with Crippen molar-refractivity contribution >= 4 is 23.5 Å². The molecule has 0 unspecified atom stereocenters. The fraction of sp³-hybridized carbons (Fsp3) is 0.462. The van der Waals surface area contributed by atoms with Gasteiger partial charge in [-0.05, 0) is 19.8 Å². The Balaban J connectivity index is 1.85. The average molecular weight is 279 g/mol. The van der Waals surface area contributed by atoms with E-state index in [9.17, 15) is 4.79 Å². The van der Waals surface area contributed by atoms with Crippen LogP contribution in [0.1, 0.15) is 19.8 Å². The number of thioether (sulfide) groups is 1. The van der Waals surface area contributed by atoms with Gasteiger partial charge in [0.15, 0.2) is 0 Å². The van der Waals surface area contributed by atoms with Gasteiger partial charge in [-0.25, -0.2) is 4.98 Å². The summed E-state index contributed by atoms with van der Waals surface area (Å²) in [6, 6.07) is 0.402. The van der Waals surface area contributed by atoms with Crippen molar-refractivity contribution in [3.05, 3.63) is 24.5 Å². The number of hydrogen-bond donors (Lipinski definition) is 1. The molecule has 0 bridgehead atoms. The summed E-state index contributed by atoms with van der Waals surface area (Å²) >= 11 is 1.34. The van der Waals surface area contributed by atoms with E-state index in [-0.39, 0.29) is 11.7 Å². The number of anilines is 1. The summed E-state index contributed by atoms with van der Waals surface area (Å²) in [6.07, 6.45) is 9.70. The summed E-state index contributed by atoms with van der Waals surface area (Å²) in [5, 5.41) is 4.05. The van der Waals surface area contributed by atoms with Crippen molar-refractivity contribution in [2.45, 2.75) is 30.8 Å². The lowest BCUT2D eigenvalue weighted by Crippen LogP contribution is -2.16. The molecule has 0 atom stereocenters. The van der Waals surface area contributed by atoms with Crippen LogP contribution in [0.25, 0.3) is 0 Å². The molecular formula is C13H17N3O2S. The highest BCUT2D eigenvalue weighted by atomic mass is 32.2. The Morgan fingerprint density at radius 1 is 1.47 bits per heavy atom. The van der Waals surface area contributed by atoms with E-state index in [1.807, 2.05) is 0 Å². The molecule has 0 spiro atoms. The summed E-state index contributed by atoms with van der Waals surface area (Å²) < 4.78 is 4.87. The minimum Gasteiger partial charge on any atom is -0.465 e. The Kier molecular flexibility index (Phi) is 5.20. The average Bonchev–Trinajstić information content (AvgIpc) is 2.90. The highest BCUT2D eigenvalue weighted by Crippen LogP contribution is 2.19. The number of carbonyl (C=O) groups is 1. The third-order valence-corrected chi connectivity index (χ3v) is 3.49. The normalized spacial score (nSPS) is 14.6. The molecule has 0 aromatic carbocycles. The fourth-order valence-electron chi connectivity index (χ4n) is 1.77. The van der Waals surface area contributed by atoms with Crippen LogP contribution in [0.3, 0.4) is 0 Å². The predicted molar refractivity (Wildman–Crippen MR) is 75.2 cm³/mol. The zero-order valence-corrected chi connectivity index (χ0v) is 11.7. The molecule has 1 N–H and O–H groups in total. The summed E-state index contributed by atoms with van der Waals surface area (Å²) in [4.78, 5) is 19.8. The summed E-state index contributed by atoms with van der Waals surface area (Å²) in [6.45, 7) is 2.20. The maximum absolute atomic E-state index is 11.3. The zero-order valence-electron chi connectivity index (χ0n) is 10.8. The molecule has 0 saturated carbocycles. The number of ether oxygens (including phenoxy) is 1. The highest BCUT2D eigenvalue weighted by Gasteiger charge is 2.11. The number of esters is 1. The van der Waals surface area contributed by atoms with E-state index in [0.717, 1.165) is 23.7 Å². The third kappa shape index (κ3) is 4.55. The minimum atomic E-state index is -0.229. The molecule has 1 aromatic rings. The van der Waals surface area contributed by atoms with Gasteiger partial charge in [0.05, 0.1) is 24.8 Å². The van der Waals surface area contributed by atoms with Gasteiger partial charge in [-0.15, -0.1) is 0 Å². The van der Waals surface area contributed by atoms with Crippen LogP contribution in [-0.4, -0.2) is 34.3 Å². The molecule has 1 aromatic heterocycles.